The van der Waals surface area contributed by atoms with E-state index >= 15 is 0 Å². The molecule has 0 radical (unpaired) electrons. The molecule has 0 atom stereocenters. The molecular formula is C28H33ClN2O5S. The number of rotatable bonds is 7. The van der Waals surface area contributed by atoms with Gasteiger partial charge in [0.2, 0.25) is 21.2 Å². The quantitative estimate of drug-likeness (QED) is 0.417. The van der Waals surface area contributed by atoms with E-state index in [0.29, 0.717) is 49.1 Å². The van der Waals surface area contributed by atoms with Crippen molar-refractivity contribution in [3.05, 3.63) is 92.5 Å². The minimum atomic E-state index is -3.63. The largest absolute Gasteiger partial charge is 0.482 e. The summed E-state index contributed by atoms with van der Waals surface area (Å²) in [5.74, 6) is 0.672. The van der Waals surface area contributed by atoms with E-state index in [2.05, 4.69) is 37.8 Å². The van der Waals surface area contributed by atoms with Crippen LogP contribution in [0.4, 0.5) is 0 Å². The van der Waals surface area contributed by atoms with Crippen molar-refractivity contribution in [2.75, 3.05) is 26.2 Å². The van der Waals surface area contributed by atoms with Crippen LogP contribution in [0.1, 0.15) is 43.2 Å². The van der Waals surface area contributed by atoms with E-state index < -0.39 is 10.0 Å². The Kier molecular flexibility index (Phi) is 8.14. The number of hydrogen-bond donors (Lipinski definition) is 0. The summed E-state index contributed by atoms with van der Waals surface area (Å²) in [6.07, 6.45) is 1.35. The molecule has 4 rings (SSSR count). The van der Waals surface area contributed by atoms with E-state index in [1.54, 1.807) is 25.1 Å². The van der Waals surface area contributed by atoms with Crippen molar-refractivity contribution in [1.82, 2.24) is 9.21 Å². The fourth-order valence-electron chi connectivity index (χ4n) is 4.24. The summed E-state index contributed by atoms with van der Waals surface area (Å²) in [5.41, 5.74) is 2.59. The fraction of sp³-hybridized carbons (Fsp3) is 0.393. The monoisotopic (exact) mass is 544 g/mol. The Bertz CT molecular complexity index is 1400. The standard InChI is InChI=1S/C28H33ClN2O5S/c1-20-24(29)6-5-7-27(20)37(33,34)31-14-12-30(13-15-31)17-23-16-25(32)26(19-35-23)36-18-21-8-10-22(11-9-21)28(2,3)4/h5-11,16,19H,12-15,17-18H2,1-4H3. The number of hydrogen-bond acceptors (Lipinski definition) is 6. The summed E-state index contributed by atoms with van der Waals surface area (Å²) in [6.45, 7) is 10.6. The van der Waals surface area contributed by atoms with Crippen molar-refractivity contribution in [1.29, 1.82) is 0 Å². The highest BCUT2D eigenvalue weighted by molar-refractivity contribution is 7.89. The highest BCUT2D eigenvalue weighted by Gasteiger charge is 2.30. The first kappa shape index (κ1) is 27.4. The number of halogens is 1. The maximum Gasteiger partial charge on any atom is 0.243 e. The molecule has 0 N–H and O–H groups in total. The molecule has 1 aliphatic rings. The van der Waals surface area contributed by atoms with Crippen LogP contribution in [0.15, 0.2) is 68.9 Å². The lowest BCUT2D eigenvalue weighted by Crippen LogP contribution is -2.48. The fourth-order valence-corrected chi connectivity index (χ4v) is 6.14. The summed E-state index contributed by atoms with van der Waals surface area (Å²) in [7, 11) is -3.63. The first-order valence-electron chi connectivity index (χ1n) is 12.3. The van der Waals surface area contributed by atoms with Gasteiger partial charge in [0.1, 0.15) is 18.6 Å². The molecule has 2 aromatic carbocycles. The van der Waals surface area contributed by atoms with Crippen molar-refractivity contribution < 1.29 is 17.6 Å². The zero-order valence-corrected chi connectivity index (χ0v) is 23.2. The molecule has 198 valence electrons. The van der Waals surface area contributed by atoms with Crippen LogP contribution in [0.3, 0.4) is 0 Å². The number of sulfonamides is 1. The minimum absolute atomic E-state index is 0.0758. The second-order valence-corrected chi connectivity index (χ2v) is 12.7. The molecule has 1 aliphatic heterocycles. The van der Waals surface area contributed by atoms with Gasteiger partial charge in [-0.25, -0.2) is 8.42 Å². The third-order valence-corrected chi connectivity index (χ3v) is 9.07. The van der Waals surface area contributed by atoms with Crippen molar-refractivity contribution in [2.45, 2.75) is 51.2 Å². The molecule has 7 nitrogen and oxygen atoms in total. The molecule has 0 aliphatic carbocycles. The number of benzene rings is 2. The lowest BCUT2D eigenvalue weighted by atomic mass is 9.87. The van der Waals surface area contributed by atoms with Gasteiger partial charge >= 0.3 is 0 Å². The van der Waals surface area contributed by atoms with Crippen molar-refractivity contribution in [2.24, 2.45) is 0 Å². The molecule has 9 heteroatoms. The second-order valence-electron chi connectivity index (χ2n) is 10.4. The van der Waals surface area contributed by atoms with Gasteiger partial charge in [0.15, 0.2) is 0 Å². The molecule has 1 fully saturated rings. The molecule has 0 unspecified atom stereocenters. The third kappa shape index (κ3) is 6.44. The Labute approximate surface area is 223 Å². The van der Waals surface area contributed by atoms with Crippen LogP contribution in [-0.2, 0) is 28.6 Å². The molecular weight excluding hydrogens is 512 g/mol. The van der Waals surface area contributed by atoms with Gasteiger partial charge in [-0.2, -0.15) is 4.31 Å². The molecule has 3 aromatic rings. The van der Waals surface area contributed by atoms with Gasteiger partial charge in [0.25, 0.3) is 0 Å². The molecule has 0 bridgehead atoms. The van der Waals surface area contributed by atoms with Crippen LogP contribution in [0.5, 0.6) is 5.75 Å². The Morgan fingerprint density at radius 3 is 2.32 bits per heavy atom. The molecule has 1 aromatic heterocycles. The van der Waals surface area contributed by atoms with Crippen LogP contribution in [0.2, 0.25) is 5.02 Å². The molecule has 2 heterocycles. The minimum Gasteiger partial charge on any atom is -0.482 e. The molecule has 1 saturated heterocycles. The van der Waals surface area contributed by atoms with Crippen LogP contribution in [-0.4, -0.2) is 43.8 Å². The summed E-state index contributed by atoms with van der Waals surface area (Å²) in [4.78, 5) is 14.9. The van der Waals surface area contributed by atoms with E-state index in [-0.39, 0.29) is 28.1 Å². The normalized spacial score (nSPS) is 15.6. The predicted octanol–water partition coefficient (Wildman–Crippen LogP) is 4.98. The Morgan fingerprint density at radius 1 is 1.03 bits per heavy atom. The lowest BCUT2D eigenvalue weighted by molar-refractivity contribution is 0.169. The van der Waals surface area contributed by atoms with Crippen molar-refractivity contribution in [3.8, 4) is 5.75 Å². The van der Waals surface area contributed by atoms with Crippen molar-refractivity contribution >= 4 is 21.6 Å². The predicted molar refractivity (Wildman–Crippen MR) is 145 cm³/mol. The summed E-state index contributed by atoms with van der Waals surface area (Å²) < 4.78 is 39.1. The van der Waals surface area contributed by atoms with Crippen LogP contribution < -0.4 is 10.2 Å². The van der Waals surface area contributed by atoms with E-state index in [9.17, 15) is 13.2 Å². The molecule has 0 amide bonds. The van der Waals surface area contributed by atoms with E-state index in [4.69, 9.17) is 20.8 Å². The van der Waals surface area contributed by atoms with Crippen LogP contribution in [0.25, 0.3) is 0 Å². The maximum absolute atomic E-state index is 13.1. The van der Waals surface area contributed by atoms with Gasteiger partial charge in [0.05, 0.1) is 11.4 Å². The Balaban J connectivity index is 1.32. The van der Waals surface area contributed by atoms with Gasteiger partial charge < -0.3 is 9.15 Å². The van der Waals surface area contributed by atoms with Crippen LogP contribution >= 0.6 is 11.6 Å². The summed E-state index contributed by atoms with van der Waals surface area (Å²) >= 11 is 6.13. The smallest absolute Gasteiger partial charge is 0.243 e. The number of piperazine rings is 1. The zero-order valence-electron chi connectivity index (χ0n) is 21.7. The van der Waals surface area contributed by atoms with Gasteiger partial charge in [0, 0.05) is 37.3 Å². The van der Waals surface area contributed by atoms with Crippen LogP contribution in [0, 0.1) is 6.92 Å². The highest BCUT2D eigenvalue weighted by atomic mass is 35.5. The number of nitrogens with zero attached hydrogens (tertiary/aromatic N) is 2. The molecule has 0 spiro atoms. The summed E-state index contributed by atoms with van der Waals surface area (Å²) in [5, 5.41) is 0.431. The molecule has 37 heavy (non-hydrogen) atoms. The molecule has 0 saturated carbocycles. The number of ether oxygens (including phenoxy) is 1. The first-order valence-corrected chi connectivity index (χ1v) is 14.1. The highest BCUT2D eigenvalue weighted by Crippen LogP contribution is 2.26. The van der Waals surface area contributed by atoms with Gasteiger partial charge in [-0.05, 0) is 41.2 Å². The average molecular weight is 545 g/mol. The third-order valence-electron chi connectivity index (χ3n) is 6.61. The maximum atomic E-state index is 13.1. The van der Waals surface area contributed by atoms with Crippen molar-refractivity contribution in [3.63, 3.8) is 0 Å². The van der Waals surface area contributed by atoms with Gasteiger partial charge in [-0.3, -0.25) is 9.69 Å². The van der Waals surface area contributed by atoms with Gasteiger partial charge in [-0.15, -0.1) is 0 Å². The van der Waals surface area contributed by atoms with E-state index in [0.717, 1.165) is 5.56 Å². The van der Waals surface area contributed by atoms with E-state index in [1.165, 1.54) is 22.2 Å². The summed E-state index contributed by atoms with van der Waals surface area (Å²) in [6, 6.07) is 14.5. The first-order chi connectivity index (χ1) is 17.4. The van der Waals surface area contributed by atoms with Gasteiger partial charge in [-0.1, -0.05) is 62.7 Å². The van der Waals surface area contributed by atoms with E-state index in [1.807, 2.05) is 12.1 Å². The Hall–Kier alpha value is -2.65. The lowest BCUT2D eigenvalue weighted by Gasteiger charge is -2.33. The second kappa shape index (κ2) is 11.0. The topological polar surface area (TPSA) is 80.1 Å². The SMILES string of the molecule is Cc1c(Cl)cccc1S(=O)(=O)N1CCN(Cc2cc(=O)c(OCc3ccc(C(C)(C)C)cc3)co2)CC1. The zero-order chi connectivity index (χ0) is 26.8. The average Bonchev–Trinajstić information content (AvgIpc) is 2.85. The Morgan fingerprint density at radius 2 is 1.70 bits per heavy atom.